The summed E-state index contributed by atoms with van der Waals surface area (Å²) in [6, 6.07) is 4.97. The second-order valence-electron chi connectivity index (χ2n) is 3.33. The molecule has 0 saturated carbocycles. The van der Waals surface area contributed by atoms with Gasteiger partial charge in [0, 0.05) is 29.7 Å². The fourth-order valence-corrected chi connectivity index (χ4v) is 2.46. The lowest BCUT2D eigenvalue weighted by molar-refractivity contribution is 0.586. The molecular formula is C10H12FIN2. The van der Waals surface area contributed by atoms with Crippen molar-refractivity contribution in [2.45, 2.75) is 0 Å². The van der Waals surface area contributed by atoms with Gasteiger partial charge in [-0.1, -0.05) is 0 Å². The highest BCUT2D eigenvalue weighted by atomic mass is 127. The van der Waals surface area contributed by atoms with Gasteiger partial charge in [0.15, 0.2) is 0 Å². The quantitative estimate of drug-likeness (QED) is 0.797. The maximum Gasteiger partial charge on any atom is 0.124 e. The van der Waals surface area contributed by atoms with Crippen LogP contribution in [-0.4, -0.2) is 26.2 Å². The monoisotopic (exact) mass is 306 g/mol. The molecule has 1 aliphatic heterocycles. The second kappa shape index (κ2) is 4.44. The minimum absolute atomic E-state index is 0.159. The van der Waals surface area contributed by atoms with E-state index in [1.807, 2.05) is 6.07 Å². The van der Waals surface area contributed by atoms with Gasteiger partial charge in [-0.15, -0.1) is 0 Å². The third-order valence-corrected chi connectivity index (χ3v) is 3.23. The van der Waals surface area contributed by atoms with E-state index in [1.165, 1.54) is 6.07 Å². The minimum atomic E-state index is -0.159. The average molecular weight is 306 g/mol. The van der Waals surface area contributed by atoms with Crippen LogP contribution in [0.3, 0.4) is 0 Å². The minimum Gasteiger partial charge on any atom is -0.368 e. The molecule has 0 aliphatic carbocycles. The molecule has 0 bridgehead atoms. The zero-order chi connectivity index (χ0) is 9.97. The zero-order valence-corrected chi connectivity index (χ0v) is 9.92. The Morgan fingerprint density at radius 3 is 2.64 bits per heavy atom. The van der Waals surface area contributed by atoms with Crippen molar-refractivity contribution in [3.63, 3.8) is 0 Å². The number of piperazine rings is 1. The van der Waals surface area contributed by atoms with E-state index in [4.69, 9.17) is 0 Å². The zero-order valence-electron chi connectivity index (χ0n) is 7.76. The molecule has 0 amide bonds. The van der Waals surface area contributed by atoms with Crippen molar-refractivity contribution in [2.75, 3.05) is 31.1 Å². The average Bonchev–Trinajstić information content (AvgIpc) is 2.19. The largest absolute Gasteiger partial charge is 0.368 e. The number of nitrogens with zero attached hydrogens (tertiary/aromatic N) is 1. The van der Waals surface area contributed by atoms with Crippen LogP contribution in [0.25, 0.3) is 0 Å². The second-order valence-corrected chi connectivity index (χ2v) is 4.49. The third-order valence-electron chi connectivity index (χ3n) is 2.37. The van der Waals surface area contributed by atoms with Gasteiger partial charge in [-0.25, -0.2) is 4.39 Å². The topological polar surface area (TPSA) is 15.3 Å². The van der Waals surface area contributed by atoms with E-state index in [0.29, 0.717) is 0 Å². The van der Waals surface area contributed by atoms with E-state index >= 15 is 0 Å². The highest BCUT2D eigenvalue weighted by Gasteiger charge is 2.12. The van der Waals surface area contributed by atoms with E-state index in [-0.39, 0.29) is 5.82 Å². The van der Waals surface area contributed by atoms with Crippen LogP contribution < -0.4 is 10.2 Å². The number of benzene rings is 1. The van der Waals surface area contributed by atoms with E-state index < -0.39 is 0 Å². The lowest BCUT2D eigenvalue weighted by Gasteiger charge is -2.30. The maximum absolute atomic E-state index is 12.9. The molecule has 1 aromatic rings. The molecule has 2 rings (SSSR count). The molecule has 1 aromatic carbocycles. The number of hydrogen-bond donors (Lipinski definition) is 1. The molecule has 76 valence electrons. The van der Waals surface area contributed by atoms with Crippen LogP contribution in [0.4, 0.5) is 10.1 Å². The van der Waals surface area contributed by atoms with Gasteiger partial charge in [-0.05, 0) is 40.8 Å². The summed E-state index contributed by atoms with van der Waals surface area (Å²) in [4.78, 5) is 2.29. The Morgan fingerprint density at radius 1 is 1.29 bits per heavy atom. The van der Waals surface area contributed by atoms with Crippen molar-refractivity contribution >= 4 is 28.3 Å². The Labute approximate surface area is 96.6 Å². The Balaban J connectivity index is 2.22. The van der Waals surface area contributed by atoms with Crippen LogP contribution >= 0.6 is 22.6 Å². The molecule has 0 spiro atoms. The fourth-order valence-electron chi connectivity index (χ4n) is 1.64. The van der Waals surface area contributed by atoms with Gasteiger partial charge >= 0.3 is 0 Å². The molecule has 4 heteroatoms. The molecule has 0 unspecified atom stereocenters. The highest BCUT2D eigenvalue weighted by molar-refractivity contribution is 14.1. The maximum atomic E-state index is 12.9. The van der Waals surface area contributed by atoms with Crippen LogP contribution in [0.2, 0.25) is 0 Å². The number of nitrogens with one attached hydrogen (secondary N) is 1. The summed E-state index contributed by atoms with van der Waals surface area (Å²) >= 11 is 2.19. The van der Waals surface area contributed by atoms with Crippen molar-refractivity contribution in [3.8, 4) is 0 Å². The van der Waals surface area contributed by atoms with Gasteiger partial charge in [0.25, 0.3) is 0 Å². The Hall–Kier alpha value is -0.360. The predicted octanol–water partition coefficient (Wildman–Crippen LogP) is 1.84. The first kappa shape index (κ1) is 10.2. The molecule has 0 radical (unpaired) electrons. The molecule has 0 aromatic heterocycles. The van der Waals surface area contributed by atoms with Crippen molar-refractivity contribution in [1.29, 1.82) is 0 Å². The molecule has 1 fully saturated rings. The third kappa shape index (κ3) is 2.17. The molecule has 1 heterocycles. The summed E-state index contributed by atoms with van der Waals surface area (Å²) in [5.41, 5.74) is 1.15. The smallest absolute Gasteiger partial charge is 0.124 e. The van der Waals surface area contributed by atoms with Crippen LogP contribution in [-0.2, 0) is 0 Å². The highest BCUT2D eigenvalue weighted by Crippen LogP contribution is 2.23. The van der Waals surface area contributed by atoms with Gasteiger partial charge in [0.2, 0.25) is 0 Å². The number of hydrogen-bond acceptors (Lipinski definition) is 2. The van der Waals surface area contributed by atoms with Crippen LogP contribution in [0.1, 0.15) is 0 Å². The molecular weight excluding hydrogens is 294 g/mol. The SMILES string of the molecule is Fc1ccc(N2CCNCC2)c(I)c1. The molecule has 0 atom stereocenters. The summed E-state index contributed by atoms with van der Waals surface area (Å²) in [5.74, 6) is -0.159. The number of halogens is 2. The first-order valence-corrected chi connectivity index (χ1v) is 5.76. The summed E-state index contributed by atoms with van der Waals surface area (Å²) in [6.45, 7) is 4.02. The van der Waals surface area contributed by atoms with E-state index in [9.17, 15) is 4.39 Å². The molecule has 1 saturated heterocycles. The van der Waals surface area contributed by atoms with Gasteiger partial charge in [-0.3, -0.25) is 0 Å². The van der Waals surface area contributed by atoms with E-state index in [1.54, 1.807) is 6.07 Å². The summed E-state index contributed by atoms with van der Waals surface area (Å²) < 4.78 is 13.9. The van der Waals surface area contributed by atoms with Gasteiger partial charge in [-0.2, -0.15) is 0 Å². The molecule has 1 aliphatic rings. The Kier molecular flexibility index (Phi) is 3.22. The first-order chi connectivity index (χ1) is 6.77. The van der Waals surface area contributed by atoms with Crippen molar-refractivity contribution in [1.82, 2.24) is 5.32 Å². The lowest BCUT2D eigenvalue weighted by Crippen LogP contribution is -2.43. The van der Waals surface area contributed by atoms with Crippen molar-refractivity contribution < 1.29 is 4.39 Å². The summed E-state index contributed by atoms with van der Waals surface area (Å²) in [5, 5.41) is 3.30. The first-order valence-electron chi connectivity index (χ1n) is 4.68. The summed E-state index contributed by atoms with van der Waals surface area (Å²) in [7, 11) is 0. The standard InChI is InChI=1S/C10H12FIN2/c11-8-1-2-10(9(12)7-8)14-5-3-13-4-6-14/h1-2,7,13H,3-6H2. The van der Waals surface area contributed by atoms with Crippen molar-refractivity contribution in [2.24, 2.45) is 0 Å². The predicted molar refractivity (Wildman–Crippen MR) is 64.2 cm³/mol. The van der Waals surface area contributed by atoms with Gasteiger partial charge in [0.05, 0.1) is 5.69 Å². The van der Waals surface area contributed by atoms with E-state index in [0.717, 1.165) is 35.4 Å². The van der Waals surface area contributed by atoms with Crippen LogP contribution in [0.5, 0.6) is 0 Å². The van der Waals surface area contributed by atoms with Crippen LogP contribution in [0.15, 0.2) is 18.2 Å². The fraction of sp³-hybridized carbons (Fsp3) is 0.400. The Morgan fingerprint density at radius 2 is 2.00 bits per heavy atom. The van der Waals surface area contributed by atoms with Crippen LogP contribution in [0, 0.1) is 9.39 Å². The summed E-state index contributed by atoms with van der Waals surface area (Å²) in [6.07, 6.45) is 0. The Bertz CT molecular complexity index is 324. The number of rotatable bonds is 1. The molecule has 14 heavy (non-hydrogen) atoms. The van der Waals surface area contributed by atoms with Gasteiger partial charge in [0.1, 0.15) is 5.82 Å². The normalized spacial score (nSPS) is 17.1. The van der Waals surface area contributed by atoms with E-state index in [2.05, 4.69) is 32.8 Å². The van der Waals surface area contributed by atoms with Gasteiger partial charge < -0.3 is 10.2 Å². The lowest BCUT2D eigenvalue weighted by atomic mass is 10.2. The number of anilines is 1. The molecule has 2 nitrogen and oxygen atoms in total. The molecule has 1 N–H and O–H groups in total. The van der Waals surface area contributed by atoms with Crippen molar-refractivity contribution in [3.05, 3.63) is 27.6 Å².